The lowest BCUT2D eigenvalue weighted by Crippen LogP contribution is -2.64. The SMILES string of the molecule is COC[C@H]1OC(=O)C(CN2CCCCC2)C2C(=O)C(=O)C3=C4CCC(=O)[C@@]4(C)CC(OC(=O)CCCCCCC(=O)O[C@@H]4CCC(C[C@@H](C)[C@@H]5CC(=O)C(C)=CC(C)[C@@H](O)[C@@H](OC)C(=O)[C@H](C)C[C@H](C)C=CC=CC=C(C)[C@@H](OC)C[C@@H]6CC[C@@H](C)[C@@](O)(O6)C(=O)C(=O)N6CCCC[C@H]6C(=O)O5)C[C@H]4OC)=C3[C@]21C. The lowest BCUT2D eigenvalue weighted by molar-refractivity contribution is -0.265. The molecule has 0 spiro atoms. The van der Waals surface area contributed by atoms with Crippen molar-refractivity contribution in [3.63, 3.8) is 0 Å². The smallest absolute Gasteiger partial charge is 0.329 e. The maximum Gasteiger partial charge on any atom is 0.329 e. The maximum atomic E-state index is 14.8. The predicted molar refractivity (Wildman–Crippen MR) is 401 cm³/mol. The number of likely N-dealkylation sites (tertiary alicyclic amines) is 1. The van der Waals surface area contributed by atoms with E-state index in [9.17, 15) is 63.0 Å². The van der Waals surface area contributed by atoms with Gasteiger partial charge in [-0.2, -0.15) is 0 Å². The Kier molecular flexibility index (Phi) is 30.4. The van der Waals surface area contributed by atoms with Crippen LogP contribution in [0.2, 0.25) is 0 Å². The van der Waals surface area contributed by atoms with E-state index in [0.29, 0.717) is 94.6 Å². The first-order chi connectivity index (χ1) is 51.8. The number of fused-ring (bicyclic) bond motifs is 7. The van der Waals surface area contributed by atoms with Crippen LogP contribution in [0.5, 0.6) is 0 Å². The van der Waals surface area contributed by atoms with Gasteiger partial charge in [0.25, 0.3) is 11.7 Å². The highest BCUT2D eigenvalue weighted by molar-refractivity contribution is 6.47. The normalized spacial score (nSPS) is 35.7. The number of Topliss-reactive ketones (excluding diaryl/α,β-unsaturated/α-hetero) is 6. The summed E-state index contributed by atoms with van der Waals surface area (Å²) in [5.74, 6) is -14.0. The topological polar surface area (TPSA) is 318 Å². The zero-order chi connectivity index (χ0) is 79.4. The van der Waals surface area contributed by atoms with Crippen LogP contribution in [0.1, 0.15) is 216 Å². The molecule has 9 aliphatic rings. The maximum absolute atomic E-state index is 14.8. The lowest BCUT2D eigenvalue weighted by Gasteiger charge is -2.54. The Balaban J connectivity index is 0.839. The summed E-state index contributed by atoms with van der Waals surface area (Å²) in [5.41, 5.74) is -0.423. The van der Waals surface area contributed by atoms with Gasteiger partial charge in [-0.15, -0.1) is 0 Å². The molecule has 3 saturated carbocycles. The quantitative estimate of drug-likeness (QED) is 0.0525. The van der Waals surface area contributed by atoms with Gasteiger partial charge in [0.1, 0.15) is 42.0 Å². The number of amides is 1. The average molecular weight is 1520 g/mol. The van der Waals surface area contributed by atoms with Crippen LogP contribution in [0, 0.1) is 58.2 Å². The van der Waals surface area contributed by atoms with Crippen molar-refractivity contribution in [2.75, 3.05) is 61.2 Å². The number of carbonyl (C=O) groups is 11. The van der Waals surface area contributed by atoms with Crippen molar-refractivity contribution in [3.8, 4) is 0 Å². The molecule has 0 aromatic heterocycles. The van der Waals surface area contributed by atoms with Crippen LogP contribution in [-0.4, -0.2) is 206 Å². The Morgan fingerprint density at radius 1 is 0.743 bits per heavy atom. The highest BCUT2D eigenvalue weighted by Crippen LogP contribution is 2.62. The molecule has 0 aromatic rings. The first-order valence-corrected chi connectivity index (χ1v) is 40.3. The Hall–Kier alpha value is -6.51. The number of esters is 4. The molecule has 109 heavy (non-hydrogen) atoms. The monoisotopic (exact) mass is 1520 g/mol. The third-order valence-electron chi connectivity index (χ3n) is 25.5. The minimum absolute atomic E-state index is 0.00439. The molecule has 4 saturated heterocycles. The van der Waals surface area contributed by atoms with Crippen molar-refractivity contribution in [2.24, 2.45) is 58.2 Å². The number of hydrogen-bond donors (Lipinski definition) is 2. The lowest BCUT2D eigenvalue weighted by atomic mass is 9.51. The van der Waals surface area contributed by atoms with Gasteiger partial charge in [-0.25, -0.2) is 4.79 Å². The Morgan fingerprint density at radius 3 is 2.14 bits per heavy atom. The Labute approximate surface area is 643 Å². The van der Waals surface area contributed by atoms with Crippen LogP contribution >= 0.6 is 0 Å². The van der Waals surface area contributed by atoms with E-state index in [1.165, 1.54) is 14.2 Å². The minimum Gasteiger partial charge on any atom is -0.460 e. The van der Waals surface area contributed by atoms with Crippen LogP contribution in [0.4, 0.5) is 0 Å². The van der Waals surface area contributed by atoms with Crippen LogP contribution in [-0.2, 0) is 95.4 Å². The molecule has 4 aliphatic carbocycles. The minimum atomic E-state index is -2.50. The fourth-order valence-electron chi connectivity index (χ4n) is 18.8. The molecule has 24 heteroatoms. The molecule has 2 bridgehead atoms. The van der Waals surface area contributed by atoms with E-state index in [2.05, 4.69) is 4.90 Å². The summed E-state index contributed by atoms with van der Waals surface area (Å²) < 4.78 is 54.4. The number of allylic oxidation sites excluding steroid dienone is 9. The van der Waals surface area contributed by atoms with E-state index >= 15 is 0 Å². The number of piperidine rings is 2. The summed E-state index contributed by atoms with van der Waals surface area (Å²) >= 11 is 0. The van der Waals surface area contributed by atoms with E-state index in [4.69, 9.17) is 42.6 Å². The van der Waals surface area contributed by atoms with Gasteiger partial charge in [0.05, 0.1) is 48.3 Å². The summed E-state index contributed by atoms with van der Waals surface area (Å²) in [4.78, 5) is 160. The number of aliphatic hydroxyl groups is 2. The van der Waals surface area contributed by atoms with E-state index in [0.717, 1.165) is 42.8 Å². The molecule has 5 heterocycles. The van der Waals surface area contributed by atoms with Gasteiger partial charge in [0.2, 0.25) is 17.4 Å². The number of aliphatic hydroxyl groups excluding tert-OH is 1. The summed E-state index contributed by atoms with van der Waals surface area (Å²) in [5, 5.41) is 23.9. The highest BCUT2D eigenvalue weighted by Gasteiger charge is 2.67. The summed E-state index contributed by atoms with van der Waals surface area (Å²) in [6.07, 6.45) is 14.1. The van der Waals surface area contributed by atoms with Gasteiger partial charge >= 0.3 is 23.9 Å². The molecule has 7 fully saturated rings. The third-order valence-corrected chi connectivity index (χ3v) is 25.5. The number of ketones is 6. The van der Waals surface area contributed by atoms with E-state index in [1.807, 2.05) is 51.2 Å². The van der Waals surface area contributed by atoms with Crippen molar-refractivity contribution >= 4 is 64.5 Å². The number of carbonyl (C=O) groups excluding carboxylic acids is 11. The van der Waals surface area contributed by atoms with Gasteiger partial charge in [0, 0.05) is 114 Å². The summed E-state index contributed by atoms with van der Waals surface area (Å²) in [6.45, 7) is 17.7. The van der Waals surface area contributed by atoms with Crippen molar-refractivity contribution in [3.05, 3.63) is 70.1 Å². The van der Waals surface area contributed by atoms with Crippen molar-refractivity contribution in [2.45, 2.75) is 277 Å². The molecule has 0 aromatic carbocycles. The van der Waals surface area contributed by atoms with Crippen molar-refractivity contribution < 1.29 is 106 Å². The summed E-state index contributed by atoms with van der Waals surface area (Å²) in [6, 6.07) is -1.23. The van der Waals surface area contributed by atoms with E-state index in [1.54, 1.807) is 61.8 Å². The van der Waals surface area contributed by atoms with Crippen LogP contribution in [0.3, 0.4) is 0 Å². The molecule has 24 nitrogen and oxygen atoms in total. The van der Waals surface area contributed by atoms with E-state index < -0.39 is 160 Å². The predicted octanol–water partition coefficient (Wildman–Crippen LogP) is 10.4. The molecule has 20 atom stereocenters. The highest BCUT2D eigenvalue weighted by atomic mass is 16.6. The molecule has 604 valence electrons. The van der Waals surface area contributed by atoms with Crippen molar-refractivity contribution in [1.82, 2.24) is 9.80 Å². The standard InChI is InChI=1S/C85H122N2O22/c1-49-26-18-16-19-27-50(2)63(102-11)44-57-33-31-55(7)85(100,109-57)79(96)80(97)87-39-25-22-28-60(87)82(99)107-64(45-61(88)51(3)41-54(6)75(93)78(104-13)74(92)53(5)40-49)52(4)42-56-32-35-62(65(43-56)103-12)105-69(90)29-20-14-15-21-30-70(91)106-66-46-83(8)59(34-36-67(83)89)71-73(66)84(9)68(48-101-10)108-81(98)58(72(84)77(95)76(71)94)47-86-37-23-17-24-38-86/h16,18-19,26-27,41,49,52-58,60,62-65,68,72,75,78,93,100H,14-15,17,20-25,28-40,42-48H2,1-13H3/t49-,52-,53-,54?,55-,56?,57+,58?,60+,62-,63+,64+,65-,68-,72?,75-,78+,83+,84+,85-/m1/s1. The summed E-state index contributed by atoms with van der Waals surface area (Å²) in [7, 11) is 5.94. The molecule has 5 aliphatic heterocycles. The van der Waals surface area contributed by atoms with Crippen LogP contribution < -0.4 is 0 Å². The Bertz CT molecular complexity index is 3560. The number of methoxy groups -OCH3 is 4. The molecular weight excluding hydrogens is 1400 g/mol. The number of cyclic esters (lactones) is 2. The molecule has 4 unspecified atom stereocenters. The number of unbranched alkanes of at least 4 members (excludes halogenated alkanes) is 3. The molecule has 1 amide bonds. The zero-order valence-electron chi connectivity index (χ0n) is 66.7. The first-order valence-electron chi connectivity index (χ1n) is 40.3. The van der Waals surface area contributed by atoms with E-state index in [-0.39, 0.29) is 111 Å². The fourth-order valence-corrected chi connectivity index (χ4v) is 18.8. The molecule has 0 radical (unpaired) electrons. The molecule has 9 rings (SSSR count). The number of nitrogens with zero attached hydrogens (tertiary/aromatic N) is 2. The van der Waals surface area contributed by atoms with Gasteiger partial charge in [-0.1, -0.05) is 97.3 Å². The van der Waals surface area contributed by atoms with Crippen LogP contribution in [0.15, 0.2) is 70.1 Å². The number of hydrogen-bond acceptors (Lipinski definition) is 23. The third kappa shape index (κ3) is 19.8. The van der Waals surface area contributed by atoms with Gasteiger partial charge in [0.15, 0.2) is 11.6 Å². The second-order valence-corrected chi connectivity index (χ2v) is 33.3. The van der Waals surface area contributed by atoms with Gasteiger partial charge < -0.3 is 62.6 Å². The largest absolute Gasteiger partial charge is 0.460 e. The van der Waals surface area contributed by atoms with Gasteiger partial charge in [-0.05, 0) is 165 Å². The second-order valence-electron chi connectivity index (χ2n) is 33.3. The van der Waals surface area contributed by atoms with Crippen LogP contribution in [0.25, 0.3) is 0 Å². The average Bonchev–Trinajstić information content (AvgIpc) is 1.14. The molecule has 2 N–H and O–H groups in total. The fraction of sp³-hybridized carbons (Fsp3) is 0.729. The Morgan fingerprint density at radius 2 is 1.45 bits per heavy atom. The molecular formula is C85H122N2O22. The zero-order valence-corrected chi connectivity index (χ0v) is 66.7. The first kappa shape index (κ1) is 86.5. The van der Waals surface area contributed by atoms with Crippen molar-refractivity contribution in [1.29, 1.82) is 0 Å². The van der Waals surface area contributed by atoms with Gasteiger partial charge in [-0.3, -0.25) is 47.9 Å². The number of rotatable bonds is 19. The number of ether oxygens (including phenoxy) is 9. The second kappa shape index (κ2) is 38.3.